The van der Waals surface area contributed by atoms with Gasteiger partial charge < -0.3 is 14.3 Å². The summed E-state index contributed by atoms with van der Waals surface area (Å²) in [6.45, 7) is 0. The second kappa shape index (κ2) is 6.02. The molecule has 0 saturated carbocycles. The Morgan fingerprint density at radius 2 is 1.29 bits per heavy atom. The molecule has 0 amide bonds. The average Bonchev–Trinajstić information content (AvgIpc) is 2.38. The van der Waals surface area contributed by atoms with Gasteiger partial charge in [0.15, 0.2) is 0 Å². The van der Waals surface area contributed by atoms with Crippen molar-refractivity contribution in [3.63, 3.8) is 0 Å². The quantitative estimate of drug-likeness (QED) is 0.724. The molecule has 1 unspecified atom stereocenters. The molecule has 0 bridgehead atoms. The molecule has 0 spiro atoms. The molecule has 0 aliphatic rings. The Bertz CT molecular complexity index is 687. The van der Waals surface area contributed by atoms with Crippen molar-refractivity contribution in [2.75, 3.05) is 4.44 Å². The van der Waals surface area contributed by atoms with Crippen LogP contribution in [0.25, 0.3) is 0 Å². The Morgan fingerprint density at radius 3 is 1.76 bits per heavy atom. The summed E-state index contributed by atoms with van der Waals surface area (Å²) < 4.78 is 28.9. The minimum absolute atomic E-state index is 0.0257. The summed E-state index contributed by atoms with van der Waals surface area (Å²) in [5.41, 5.74) is -0.118. The maximum absolute atomic E-state index is 12.3. The molecule has 0 heterocycles. The highest BCUT2D eigenvalue weighted by Gasteiger charge is 2.43. The summed E-state index contributed by atoms with van der Waals surface area (Å²) in [5.74, 6) is 0.0257. The Balaban J connectivity index is 2.41. The number of nitrogens with zero attached hydrogens (tertiary/aromatic N) is 1. The number of hydrogen-bond donors (Lipinski definition) is 3. The van der Waals surface area contributed by atoms with Crippen molar-refractivity contribution < 1.29 is 28.3 Å². The molecule has 3 N–H and O–H groups in total. The highest BCUT2D eigenvalue weighted by molar-refractivity contribution is 7.73. The van der Waals surface area contributed by atoms with E-state index in [1.807, 2.05) is 0 Å². The smallest absolute Gasteiger partial charge is 0.409 e. The van der Waals surface area contributed by atoms with E-state index >= 15 is 0 Å². The molecule has 1 atom stereocenters. The van der Waals surface area contributed by atoms with E-state index in [1.54, 1.807) is 24.3 Å². The van der Waals surface area contributed by atoms with Crippen LogP contribution < -0.4 is 8.96 Å². The van der Waals surface area contributed by atoms with E-state index < -0.39 is 15.5 Å². The van der Waals surface area contributed by atoms with Crippen molar-refractivity contribution >= 4 is 21.2 Å². The zero-order valence-electron chi connectivity index (χ0n) is 10.7. The van der Waals surface area contributed by atoms with Crippen LogP contribution in [0, 0.1) is 0 Å². The van der Waals surface area contributed by atoms with Gasteiger partial charge in [-0.15, -0.1) is 0 Å². The highest BCUT2D eigenvalue weighted by atomic mass is 31.3. The standard InChI is InChI=1S/C12H13NO6P2/c14-20(15,16)13(11-7-3-1-4-8-11)21(17,18)19-12-9-5-2-6-10-12/h1-10H,(H,17,18)(H2,14,15,16). The third kappa shape index (κ3) is 3.94. The van der Waals surface area contributed by atoms with Crippen molar-refractivity contribution in [3.05, 3.63) is 60.7 Å². The molecule has 0 aliphatic carbocycles. The van der Waals surface area contributed by atoms with Crippen LogP contribution in [0.3, 0.4) is 0 Å². The van der Waals surface area contributed by atoms with Gasteiger partial charge in [-0.25, -0.2) is 9.13 Å². The summed E-state index contributed by atoms with van der Waals surface area (Å²) in [6, 6.07) is 14.8. The van der Waals surface area contributed by atoms with Crippen molar-refractivity contribution in [1.29, 1.82) is 0 Å². The third-order valence-electron chi connectivity index (χ3n) is 2.44. The maximum atomic E-state index is 12.3. The summed E-state index contributed by atoms with van der Waals surface area (Å²) in [5, 5.41) is 0. The molecular weight excluding hydrogens is 316 g/mol. The minimum atomic E-state index is -5.06. The van der Waals surface area contributed by atoms with E-state index in [1.165, 1.54) is 36.4 Å². The summed E-state index contributed by atoms with van der Waals surface area (Å²) in [6.07, 6.45) is 0. The van der Waals surface area contributed by atoms with E-state index in [2.05, 4.69) is 0 Å². The lowest BCUT2D eigenvalue weighted by atomic mass is 10.3. The molecule has 0 radical (unpaired) electrons. The molecule has 112 valence electrons. The van der Waals surface area contributed by atoms with Gasteiger partial charge in [0.25, 0.3) is 0 Å². The predicted octanol–water partition coefficient (Wildman–Crippen LogP) is 2.77. The number of anilines is 1. The largest absolute Gasteiger partial charge is 0.495 e. The van der Waals surface area contributed by atoms with Crippen LogP contribution >= 0.6 is 15.5 Å². The van der Waals surface area contributed by atoms with Crippen LogP contribution in [0.5, 0.6) is 5.75 Å². The lowest BCUT2D eigenvalue weighted by molar-refractivity contribution is 0.353. The van der Waals surface area contributed by atoms with Gasteiger partial charge in [0.1, 0.15) is 5.75 Å². The molecule has 0 aromatic heterocycles. The maximum Gasteiger partial charge on any atom is 0.495 e. The van der Waals surface area contributed by atoms with Gasteiger partial charge in [-0.2, -0.15) is 4.44 Å². The van der Waals surface area contributed by atoms with Crippen molar-refractivity contribution in [2.24, 2.45) is 0 Å². The van der Waals surface area contributed by atoms with Gasteiger partial charge in [-0.1, -0.05) is 36.4 Å². The van der Waals surface area contributed by atoms with Crippen LogP contribution in [-0.2, 0) is 9.13 Å². The molecule has 21 heavy (non-hydrogen) atoms. The molecule has 0 aliphatic heterocycles. The molecule has 9 heteroatoms. The topological polar surface area (TPSA) is 107 Å². The van der Waals surface area contributed by atoms with E-state index in [0.717, 1.165) is 0 Å². The van der Waals surface area contributed by atoms with Gasteiger partial charge in [-0.05, 0) is 24.3 Å². The van der Waals surface area contributed by atoms with Gasteiger partial charge in [-0.3, -0.25) is 4.89 Å². The second-order valence-electron chi connectivity index (χ2n) is 4.03. The Morgan fingerprint density at radius 1 is 0.810 bits per heavy atom. The first-order valence-electron chi connectivity index (χ1n) is 5.80. The van der Waals surface area contributed by atoms with Crippen LogP contribution in [0.4, 0.5) is 5.69 Å². The Labute approximate surface area is 121 Å². The predicted molar refractivity (Wildman–Crippen MR) is 77.9 cm³/mol. The zero-order chi connectivity index (χ0) is 15.5. The molecule has 0 fully saturated rings. The fourth-order valence-electron chi connectivity index (χ4n) is 1.66. The van der Waals surface area contributed by atoms with Gasteiger partial charge in [0, 0.05) is 0 Å². The molecule has 2 aromatic rings. The third-order valence-corrected chi connectivity index (χ3v) is 5.70. The molecule has 7 nitrogen and oxygen atoms in total. The lowest BCUT2D eigenvalue weighted by Gasteiger charge is -2.28. The number of para-hydroxylation sites is 2. The summed E-state index contributed by atoms with van der Waals surface area (Å²) in [4.78, 5) is 28.7. The second-order valence-corrected chi connectivity index (χ2v) is 7.34. The van der Waals surface area contributed by atoms with Crippen LogP contribution in [0.2, 0.25) is 0 Å². The van der Waals surface area contributed by atoms with E-state index in [9.17, 15) is 23.8 Å². The normalized spacial score (nSPS) is 14.2. The fraction of sp³-hybridized carbons (Fsp3) is 0. The summed E-state index contributed by atoms with van der Waals surface area (Å²) in [7, 11) is -9.86. The first-order chi connectivity index (χ1) is 9.81. The highest BCUT2D eigenvalue weighted by Crippen LogP contribution is 2.62. The van der Waals surface area contributed by atoms with E-state index in [0.29, 0.717) is 0 Å². The number of benzene rings is 2. The van der Waals surface area contributed by atoms with E-state index in [-0.39, 0.29) is 15.9 Å². The van der Waals surface area contributed by atoms with Gasteiger partial charge in [0.2, 0.25) is 0 Å². The minimum Gasteiger partial charge on any atom is -0.409 e. The van der Waals surface area contributed by atoms with Crippen molar-refractivity contribution in [1.82, 2.24) is 0 Å². The average molecular weight is 329 g/mol. The Hall–Kier alpha value is -1.62. The first kappa shape index (κ1) is 15.8. The number of hydrogen-bond acceptors (Lipinski definition) is 3. The SMILES string of the molecule is O=P(O)(O)N(c1ccccc1)P(=O)(O)Oc1ccccc1. The molecule has 0 saturated heterocycles. The lowest BCUT2D eigenvalue weighted by Crippen LogP contribution is -2.19. The van der Waals surface area contributed by atoms with Crippen molar-refractivity contribution in [2.45, 2.75) is 0 Å². The van der Waals surface area contributed by atoms with Crippen molar-refractivity contribution in [3.8, 4) is 5.75 Å². The summed E-state index contributed by atoms with van der Waals surface area (Å²) >= 11 is 0. The zero-order valence-corrected chi connectivity index (χ0v) is 12.5. The van der Waals surface area contributed by atoms with Crippen LogP contribution in [0.15, 0.2) is 60.7 Å². The fourth-order valence-corrected chi connectivity index (χ4v) is 4.28. The number of rotatable bonds is 5. The molecule has 2 rings (SSSR count). The Kier molecular flexibility index (Phi) is 4.52. The van der Waals surface area contributed by atoms with Crippen LogP contribution in [0.1, 0.15) is 0 Å². The van der Waals surface area contributed by atoms with Gasteiger partial charge >= 0.3 is 15.5 Å². The first-order valence-corrected chi connectivity index (χ1v) is 8.89. The molecule has 2 aromatic carbocycles. The van der Waals surface area contributed by atoms with E-state index in [4.69, 9.17) is 4.52 Å². The monoisotopic (exact) mass is 329 g/mol. The molecular formula is C12H13NO6P2. The van der Waals surface area contributed by atoms with Gasteiger partial charge in [0.05, 0.1) is 5.69 Å². The van der Waals surface area contributed by atoms with Crippen LogP contribution in [-0.4, -0.2) is 14.7 Å².